The van der Waals surface area contributed by atoms with E-state index in [1.165, 1.54) is 0 Å². The number of fused-ring (bicyclic) bond motifs is 2. The lowest BCUT2D eigenvalue weighted by atomic mass is 9.92. The van der Waals surface area contributed by atoms with Crippen LogP contribution in [0.4, 0.5) is 5.69 Å². The molecule has 0 aromatic heterocycles. The quantitative estimate of drug-likeness (QED) is 0.434. The van der Waals surface area contributed by atoms with Gasteiger partial charge in [0.25, 0.3) is 5.91 Å². The van der Waals surface area contributed by atoms with Crippen LogP contribution in [0.2, 0.25) is 0 Å². The van der Waals surface area contributed by atoms with E-state index in [0.717, 1.165) is 27.6 Å². The number of anilines is 1. The molecule has 3 aromatic rings. The van der Waals surface area contributed by atoms with Gasteiger partial charge in [-0.2, -0.15) is 0 Å². The molecule has 0 unspecified atom stereocenters. The molecule has 5 rings (SSSR count). The fourth-order valence-corrected chi connectivity index (χ4v) is 5.86. The number of likely N-dealkylation sites (tertiary alicyclic amines) is 1. The Hall–Kier alpha value is -3.91. The van der Waals surface area contributed by atoms with Gasteiger partial charge in [-0.1, -0.05) is 63.2 Å². The molecule has 2 atom stereocenters. The number of rotatable bonds is 6. The Morgan fingerprint density at radius 2 is 1.71 bits per heavy atom. The number of carboxylic acid groups (broad SMARTS) is 1. The molecule has 0 saturated carbocycles. The van der Waals surface area contributed by atoms with E-state index in [0.29, 0.717) is 38.2 Å². The summed E-state index contributed by atoms with van der Waals surface area (Å²) < 4.78 is 12.3. The van der Waals surface area contributed by atoms with Crippen LogP contribution in [0.25, 0.3) is 10.8 Å². The number of hydrogen-bond donors (Lipinski definition) is 1. The predicted molar refractivity (Wildman–Crippen MR) is 157 cm³/mol. The Labute approximate surface area is 240 Å². The summed E-state index contributed by atoms with van der Waals surface area (Å²) in [4.78, 5) is 42.6. The number of carbonyl (C=O) groups is 3. The highest BCUT2D eigenvalue weighted by Gasteiger charge is 2.40. The first-order valence-electron chi connectivity index (χ1n) is 14.2. The molecule has 1 N–H and O–H groups in total. The van der Waals surface area contributed by atoms with Crippen LogP contribution in [0, 0.1) is 11.3 Å². The van der Waals surface area contributed by atoms with Crippen molar-refractivity contribution in [2.24, 2.45) is 11.3 Å². The van der Waals surface area contributed by atoms with Gasteiger partial charge >= 0.3 is 5.97 Å². The molecule has 0 radical (unpaired) electrons. The van der Waals surface area contributed by atoms with E-state index < -0.39 is 24.1 Å². The van der Waals surface area contributed by atoms with Crippen LogP contribution in [0.15, 0.2) is 60.7 Å². The first-order chi connectivity index (χ1) is 19.6. The lowest BCUT2D eigenvalue weighted by Gasteiger charge is -2.33. The third kappa shape index (κ3) is 6.07. The number of methoxy groups -OCH3 is 1. The molecule has 1 saturated heterocycles. The molecule has 0 spiro atoms. The number of carbonyl (C=O) groups excluding carboxylic acids is 2. The zero-order chi connectivity index (χ0) is 29.3. The summed E-state index contributed by atoms with van der Waals surface area (Å²) in [5.41, 5.74) is 2.22. The molecule has 41 heavy (non-hydrogen) atoms. The Morgan fingerprint density at radius 3 is 2.39 bits per heavy atom. The third-order valence-corrected chi connectivity index (χ3v) is 7.94. The molecule has 216 valence electrons. The highest BCUT2D eigenvalue weighted by molar-refractivity contribution is 6.01. The maximum absolute atomic E-state index is 14.3. The Kier molecular flexibility index (Phi) is 8.04. The van der Waals surface area contributed by atoms with E-state index in [4.69, 9.17) is 9.47 Å². The minimum atomic E-state index is -1.02. The topological polar surface area (TPSA) is 96.4 Å². The van der Waals surface area contributed by atoms with Crippen LogP contribution in [0.3, 0.4) is 0 Å². The van der Waals surface area contributed by atoms with Gasteiger partial charge in [0, 0.05) is 25.2 Å². The highest BCUT2D eigenvalue weighted by Crippen LogP contribution is 2.43. The SMILES string of the molecule is COc1ccc2c(c1)[C@H](c1cccc3ccccc13)O[C@@H](CC(=O)N1CCC(C(=O)O)CC1)C(=O)N2CC(C)(C)C. The lowest BCUT2D eigenvalue weighted by molar-refractivity contribution is -0.148. The van der Waals surface area contributed by atoms with Crippen molar-refractivity contribution in [3.63, 3.8) is 0 Å². The number of ether oxygens (including phenoxy) is 2. The molecule has 2 aliphatic heterocycles. The van der Waals surface area contributed by atoms with Crippen molar-refractivity contribution in [1.29, 1.82) is 0 Å². The van der Waals surface area contributed by atoms with Crippen molar-refractivity contribution >= 4 is 34.2 Å². The van der Waals surface area contributed by atoms with E-state index in [1.807, 2.05) is 60.7 Å². The molecular formula is C33H38N2O6. The minimum Gasteiger partial charge on any atom is -0.497 e. The largest absolute Gasteiger partial charge is 0.497 e. The second-order valence-electron chi connectivity index (χ2n) is 12.2. The minimum absolute atomic E-state index is 0.121. The molecule has 8 heteroatoms. The standard InChI is InChI=1S/C33H38N2O6/c1-33(2,3)20-35-27-13-12-23(40-4)18-26(27)30(25-11-7-9-21-8-5-6-10-24(21)25)41-28(31(35)37)19-29(36)34-16-14-22(15-17-34)32(38)39/h5-13,18,22,28,30H,14-17,19-20H2,1-4H3,(H,38,39)/t28-,30-/m0/s1. The average Bonchev–Trinajstić information content (AvgIpc) is 3.06. The van der Waals surface area contributed by atoms with E-state index >= 15 is 0 Å². The molecular weight excluding hydrogens is 520 g/mol. The van der Waals surface area contributed by atoms with Gasteiger partial charge < -0.3 is 24.4 Å². The fourth-order valence-electron chi connectivity index (χ4n) is 5.86. The first kappa shape index (κ1) is 28.6. The third-order valence-electron chi connectivity index (χ3n) is 7.94. The monoisotopic (exact) mass is 558 g/mol. The maximum Gasteiger partial charge on any atom is 0.306 e. The molecule has 0 aliphatic carbocycles. The average molecular weight is 559 g/mol. The van der Waals surface area contributed by atoms with Crippen LogP contribution in [-0.2, 0) is 19.1 Å². The molecule has 2 aliphatic rings. The van der Waals surface area contributed by atoms with Gasteiger partial charge in [-0.25, -0.2) is 0 Å². The summed E-state index contributed by atoms with van der Waals surface area (Å²) in [6.07, 6.45) is -0.967. The van der Waals surface area contributed by atoms with Gasteiger partial charge in [-0.15, -0.1) is 0 Å². The van der Waals surface area contributed by atoms with Gasteiger partial charge in [-0.05, 0) is 52.8 Å². The predicted octanol–water partition coefficient (Wildman–Crippen LogP) is 5.43. The van der Waals surface area contributed by atoms with Crippen molar-refractivity contribution in [2.45, 2.75) is 52.2 Å². The number of aliphatic carboxylic acids is 1. The molecule has 3 aromatic carbocycles. The summed E-state index contributed by atoms with van der Waals surface area (Å²) in [5.74, 6) is -1.09. The van der Waals surface area contributed by atoms with Crippen molar-refractivity contribution < 1.29 is 29.0 Å². The van der Waals surface area contributed by atoms with Gasteiger partial charge in [0.2, 0.25) is 5.91 Å². The Morgan fingerprint density at radius 1 is 1.00 bits per heavy atom. The van der Waals surface area contributed by atoms with Crippen LogP contribution in [-0.4, -0.2) is 60.6 Å². The van der Waals surface area contributed by atoms with Crippen molar-refractivity contribution in [3.05, 3.63) is 71.8 Å². The first-order valence-corrected chi connectivity index (χ1v) is 14.2. The van der Waals surface area contributed by atoms with E-state index in [1.54, 1.807) is 16.9 Å². The summed E-state index contributed by atoms with van der Waals surface area (Å²) in [6, 6.07) is 19.8. The maximum atomic E-state index is 14.3. The summed E-state index contributed by atoms with van der Waals surface area (Å²) in [5, 5.41) is 11.4. The van der Waals surface area contributed by atoms with Crippen molar-refractivity contribution in [2.75, 3.05) is 31.6 Å². The number of nitrogens with zero attached hydrogens (tertiary/aromatic N) is 2. The normalized spacial score (nSPS) is 20.0. The molecule has 0 bridgehead atoms. The van der Waals surface area contributed by atoms with Crippen molar-refractivity contribution in [3.8, 4) is 5.75 Å². The second-order valence-corrected chi connectivity index (χ2v) is 12.2. The Bertz CT molecular complexity index is 1450. The molecule has 1 fully saturated rings. The lowest BCUT2D eigenvalue weighted by Crippen LogP contribution is -2.47. The van der Waals surface area contributed by atoms with Crippen LogP contribution in [0.5, 0.6) is 5.75 Å². The number of amides is 2. The molecule has 2 amide bonds. The fraction of sp³-hybridized carbons (Fsp3) is 0.424. The van der Waals surface area contributed by atoms with Gasteiger partial charge in [0.1, 0.15) is 18.0 Å². The zero-order valence-electron chi connectivity index (χ0n) is 24.1. The smallest absolute Gasteiger partial charge is 0.306 e. The number of carboxylic acids is 1. The summed E-state index contributed by atoms with van der Waals surface area (Å²) in [7, 11) is 1.61. The molecule has 2 heterocycles. The van der Waals surface area contributed by atoms with Gasteiger partial charge in [0.05, 0.1) is 25.1 Å². The van der Waals surface area contributed by atoms with Crippen LogP contribution < -0.4 is 9.64 Å². The summed E-state index contributed by atoms with van der Waals surface area (Å²) >= 11 is 0. The second kappa shape index (κ2) is 11.5. The van der Waals surface area contributed by atoms with Crippen LogP contribution >= 0.6 is 0 Å². The van der Waals surface area contributed by atoms with E-state index in [-0.39, 0.29) is 23.7 Å². The zero-order valence-corrected chi connectivity index (χ0v) is 24.1. The highest BCUT2D eigenvalue weighted by atomic mass is 16.5. The molecule has 8 nitrogen and oxygen atoms in total. The number of piperidine rings is 1. The number of hydrogen-bond acceptors (Lipinski definition) is 5. The Balaban J connectivity index is 1.58. The number of benzene rings is 3. The van der Waals surface area contributed by atoms with Gasteiger partial charge in [0.15, 0.2) is 0 Å². The van der Waals surface area contributed by atoms with Crippen LogP contribution in [0.1, 0.15) is 57.3 Å². The van der Waals surface area contributed by atoms with E-state index in [9.17, 15) is 19.5 Å². The van der Waals surface area contributed by atoms with Crippen molar-refractivity contribution in [1.82, 2.24) is 4.90 Å². The summed E-state index contributed by atoms with van der Waals surface area (Å²) in [6.45, 7) is 7.36. The van der Waals surface area contributed by atoms with E-state index in [2.05, 4.69) is 20.8 Å². The van der Waals surface area contributed by atoms with Gasteiger partial charge in [-0.3, -0.25) is 14.4 Å².